The number of halogens is 2. The van der Waals surface area contributed by atoms with Gasteiger partial charge in [0.2, 0.25) is 0 Å². The molecule has 4 nitrogen and oxygen atoms in total. The summed E-state index contributed by atoms with van der Waals surface area (Å²) in [5.41, 5.74) is 4.54. The summed E-state index contributed by atoms with van der Waals surface area (Å²) >= 11 is 0. The minimum atomic E-state index is -1.11. The summed E-state index contributed by atoms with van der Waals surface area (Å²) in [5.74, 6) is -3.22. The van der Waals surface area contributed by atoms with Crippen LogP contribution in [0.4, 0.5) is 14.5 Å². The van der Waals surface area contributed by atoms with E-state index in [-0.39, 0.29) is 17.0 Å². The normalized spacial score (nSPS) is 16.1. The number of nitrogens with zero attached hydrogens (tertiary/aromatic N) is 2. The Hall–Kier alpha value is -3.80. The van der Waals surface area contributed by atoms with Gasteiger partial charge in [-0.3, -0.25) is 9.59 Å². The van der Waals surface area contributed by atoms with E-state index < -0.39 is 23.4 Å². The van der Waals surface area contributed by atoms with Gasteiger partial charge in [0.1, 0.15) is 5.70 Å². The monoisotopic (exact) mass is 430 g/mol. The molecule has 3 aromatic carbocycles. The van der Waals surface area contributed by atoms with Crippen LogP contribution in [0, 0.1) is 18.6 Å². The average molecular weight is 430 g/mol. The summed E-state index contributed by atoms with van der Waals surface area (Å²) in [4.78, 5) is 29.9. The summed E-state index contributed by atoms with van der Waals surface area (Å²) in [6.45, 7) is 3.01. The standard InChI is InChI=1S/C26H20F2N2O2/c1-16-6-8-18(9-7-16)23-24(29-13-12-17-4-2-3-5-19(17)15-29)26(32)30(25(23)31)20-10-11-21(27)22(28)14-20/h2-11,14H,12-13,15H2,1H3. The van der Waals surface area contributed by atoms with Gasteiger partial charge in [0.25, 0.3) is 11.8 Å². The Balaban J connectivity index is 1.62. The van der Waals surface area contributed by atoms with E-state index in [1.165, 1.54) is 11.6 Å². The third kappa shape index (κ3) is 3.28. The summed E-state index contributed by atoms with van der Waals surface area (Å²) in [6.07, 6.45) is 0.744. The highest BCUT2D eigenvalue weighted by molar-refractivity contribution is 6.45. The molecule has 2 aliphatic heterocycles. The van der Waals surface area contributed by atoms with Gasteiger partial charge in [0.15, 0.2) is 11.6 Å². The number of benzene rings is 3. The van der Waals surface area contributed by atoms with Crippen LogP contribution in [0.5, 0.6) is 0 Å². The zero-order valence-corrected chi connectivity index (χ0v) is 17.4. The Morgan fingerprint density at radius 3 is 2.25 bits per heavy atom. The number of imide groups is 1. The number of hydrogen-bond donors (Lipinski definition) is 0. The van der Waals surface area contributed by atoms with Gasteiger partial charge < -0.3 is 4.90 Å². The molecule has 2 aliphatic rings. The van der Waals surface area contributed by atoms with Gasteiger partial charge in [-0.15, -0.1) is 0 Å². The largest absolute Gasteiger partial charge is 0.362 e. The molecule has 0 spiro atoms. The fourth-order valence-electron chi connectivity index (χ4n) is 4.34. The second-order valence-electron chi connectivity index (χ2n) is 8.07. The van der Waals surface area contributed by atoms with Crippen molar-refractivity contribution < 1.29 is 18.4 Å². The van der Waals surface area contributed by atoms with Gasteiger partial charge >= 0.3 is 0 Å². The second kappa shape index (κ2) is 7.71. The van der Waals surface area contributed by atoms with Crippen molar-refractivity contribution in [1.29, 1.82) is 0 Å². The van der Waals surface area contributed by atoms with Crippen LogP contribution in [0.15, 0.2) is 72.4 Å². The molecule has 0 unspecified atom stereocenters. The molecule has 2 heterocycles. The van der Waals surface area contributed by atoms with Crippen LogP contribution in [0.3, 0.4) is 0 Å². The molecule has 0 bridgehead atoms. The van der Waals surface area contributed by atoms with E-state index in [1.807, 2.05) is 54.3 Å². The van der Waals surface area contributed by atoms with E-state index in [4.69, 9.17) is 0 Å². The number of hydrogen-bond acceptors (Lipinski definition) is 3. The van der Waals surface area contributed by atoms with Gasteiger partial charge in [-0.25, -0.2) is 13.7 Å². The molecule has 0 saturated heterocycles. The molecule has 0 aromatic heterocycles. The maximum Gasteiger partial charge on any atom is 0.282 e. The number of rotatable bonds is 3. The highest BCUT2D eigenvalue weighted by Gasteiger charge is 2.43. The molecule has 2 amide bonds. The van der Waals surface area contributed by atoms with Crippen molar-refractivity contribution in [2.75, 3.05) is 11.4 Å². The molecule has 0 aliphatic carbocycles. The summed E-state index contributed by atoms with van der Waals surface area (Å²) in [6, 6.07) is 18.4. The minimum absolute atomic E-state index is 0.0101. The van der Waals surface area contributed by atoms with Crippen molar-refractivity contribution in [2.24, 2.45) is 0 Å². The highest BCUT2D eigenvalue weighted by atomic mass is 19.2. The van der Waals surface area contributed by atoms with Gasteiger partial charge in [-0.05, 0) is 42.2 Å². The van der Waals surface area contributed by atoms with Gasteiger partial charge in [-0.1, -0.05) is 54.1 Å². The fraction of sp³-hybridized carbons (Fsp3) is 0.154. The summed E-state index contributed by atoms with van der Waals surface area (Å²) in [7, 11) is 0. The van der Waals surface area contributed by atoms with Crippen molar-refractivity contribution in [2.45, 2.75) is 19.9 Å². The van der Waals surface area contributed by atoms with Crippen LogP contribution in [0.1, 0.15) is 22.3 Å². The molecule has 3 aromatic rings. The van der Waals surface area contributed by atoms with Crippen molar-refractivity contribution in [3.8, 4) is 0 Å². The molecule has 0 N–H and O–H groups in total. The predicted molar refractivity (Wildman–Crippen MR) is 118 cm³/mol. The number of fused-ring (bicyclic) bond motifs is 1. The van der Waals surface area contributed by atoms with Gasteiger partial charge in [-0.2, -0.15) is 0 Å². The Kier molecular flexibility index (Phi) is 4.85. The molecule has 0 atom stereocenters. The predicted octanol–water partition coefficient (Wildman–Crippen LogP) is 4.62. The van der Waals surface area contributed by atoms with E-state index in [2.05, 4.69) is 6.07 Å². The topological polar surface area (TPSA) is 40.6 Å². The quantitative estimate of drug-likeness (QED) is 0.570. The van der Waals surface area contributed by atoms with Crippen molar-refractivity contribution in [1.82, 2.24) is 4.90 Å². The molecule has 0 fully saturated rings. The lowest BCUT2D eigenvalue weighted by Crippen LogP contribution is -2.37. The van der Waals surface area contributed by atoms with Crippen LogP contribution in [-0.4, -0.2) is 23.3 Å². The Morgan fingerprint density at radius 1 is 0.812 bits per heavy atom. The third-order valence-corrected chi connectivity index (χ3v) is 6.01. The first-order chi connectivity index (χ1) is 15.4. The number of aryl methyl sites for hydroxylation is 1. The minimum Gasteiger partial charge on any atom is -0.362 e. The van der Waals surface area contributed by atoms with Crippen molar-refractivity contribution in [3.05, 3.63) is 106 Å². The highest BCUT2D eigenvalue weighted by Crippen LogP contribution is 2.37. The summed E-state index contributed by atoms with van der Waals surface area (Å²) < 4.78 is 27.4. The van der Waals surface area contributed by atoms with Crippen LogP contribution >= 0.6 is 0 Å². The first-order valence-corrected chi connectivity index (χ1v) is 10.4. The van der Waals surface area contributed by atoms with E-state index >= 15 is 0 Å². The van der Waals surface area contributed by atoms with Gasteiger partial charge in [0, 0.05) is 19.2 Å². The van der Waals surface area contributed by atoms with Crippen molar-refractivity contribution in [3.63, 3.8) is 0 Å². The summed E-state index contributed by atoms with van der Waals surface area (Å²) in [5, 5.41) is 0. The van der Waals surface area contributed by atoms with Gasteiger partial charge in [0.05, 0.1) is 11.3 Å². The SMILES string of the molecule is Cc1ccc(C2=C(N3CCc4ccccc4C3)C(=O)N(c3ccc(F)c(F)c3)C2=O)cc1. The average Bonchev–Trinajstić information content (AvgIpc) is 3.06. The second-order valence-corrected chi connectivity index (χ2v) is 8.07. The Bertz CT molecular complexity index is 1280. The van der Waals surface area contributed by atoms with Crippen molar-refractivity contribution >= 4 is 23.1 Å². The Morgan fingerprint density at radius 2 is 1.53 bits per heavy atom. The maximum atomic E-state index is 13.9. The lowest BCUT2D eigenvalue weighted by atomic mass is 9.97. The smallest absolute Gasteiger partial charge is 0.282 e. The van der Waals surface area contributed by atoms with Crippen LogP contribution in [0.2, 0.25) is 0 Å². The fourth-order valence-corrected chi connectivity index (χ4v) is 4.34. The van der Waals surface area contributed by atoms with E-state index in [0.29, 0.717) is 18.7 Å². The van der Waals surface area contributed by atoms with E-state index in [1.54, 1.807) is 0 Å². The molecule has 32 heavy (non-hydrogen) atoms. The zero-order valence-electron chi connectivity index (χ0n) is 17.4. The first kappa shape index (κ1) is 20.1. The third-order valence-electron chi connectivity index (χ3n) is 6.01. The number of amides is 2. The molecular formula is C26H20F2N2O2. The molecule has 160 valence electrons. The molecule has 0 radical (unpaired) electrons. The Labute approximate surface area is 184 Å². The molecule has 5 rings (SSSR count). The molecule has 0 saturated carbocycles. The van der Waals surface area contributed by atoms with E-state index in [9.17, 15) is 18.4 Å². The first-order valence-electron chi connectivity index (χ1n) is 10.4. The molecule has 6 heteroatoms. The molecular weight excluding hydrogens is 410 g/mol. The number of anilines is 1. The lowest BCUT2D eigenvalue weighted by molar-refractivity contribution is -0.120. The lowest BCUT2D eigenvalue weighted by Gasteiger charge is -2.31. The van der Waals surface area contributed by atoms with Crippen LogP contribution < -0.4 is 4.90 Å². The maximum absolute atomic E-state index is 13.9. The van der Waals surface area contributed by atoms with Crippen LogP contribution in [-0.2, 0) is 22.6 Å². The zero-order chi connectivity index (χ0) is 22.4. The number of carbonyl (C=O) groups excluding carboxylic acids is 2. The number of carbonyl (C=O) groups is 2. The van der Waals surface area contributed by atoms with Crippen LogP contribution in [0.25, 0.3) is 5.57 Å². The van der Waals surface area contributed by atoms with E-state index in [0.717, 1.165) is 34.6 Å².